The van der Waals surface area contributed by atoms with E-state index in [2.05, 4.69) is 88.8 Å². The van der Waals surface area contributed by atoms with Crippen molar-refractivity contribution in [3.8, 4) is 11.1 Å². The van der Waals surface area contributed by atoms with Gasteiger partial charge in [-0.1, -0.05) is 61.5 Å². The molecule has 0 unspecified atom stereocenters. The highest BCUT2D eigenvalue weighted by molar-refractivity contribution is 9.11. The van der Waals surface area contributed by atoms with Crippen LogP contribution in [0.15, 0.2) is 21.3 Å². The van der Waals surface area contributed by atoms with Crippen LogP contribution < -0.4 is 0 Å². The molecule has 4 rings (SSSR count). The lowest BCUT2D eigenvalue weighted by atomic mass is 9.72. The largest absolute Gasteiger partial charge is 0.136 e. The van der Waals surface area contributed by atoms with Crippen LogP contribution in [0.5, 0.6) is 0 Å². The summed E-state index contributed by atoms with van der Waals surface area (Å²) in [7, 11) is 0. The molecule has 0 saturated carbocycles. The minimum atomic E-state index is 0.201. The quantitative estimate of drug-likeness (QED) is 0.394. The van der Waals surface area contributed by atoms with Gasteiger partial charge in [-0.15, -0.1) is 11.3 Å². The molecule has 0 nitrogen and oxygen atoms in total. The monoisotopic (exact) mass is 486 g/mol. The van der Waals surface area contributed by atoms with Crippen molar-refractivity contribution in [1.82, 2.24) is 0 Å². The number of rotatable bonds is 5. The van der Waals surface area contributed by atoms with Gasteiger partial charge in [-0.3, -0.25) is 0 Å². The van der Waals surface area contributed by atoms with Crippen molar-refractivity contribution in [1.29, 1.82) is 0 Å². The van der Waals surface area contributed by atoms with Crippen molar-refractivity contribution >= 4 is 27.3 Å². The number of benzene rings is 1. The minimum Gasteiger partial charge on any atom is -0.136 e. The molecule has 0 N–H and O–H groups in total. The van der Waals surface area contributed by atoms with Gasteiger partial charge in [-0.05, 0) is 115 Å². The SMILES string of the molecule is CCC1(CC)CC(C)(C)c2c1cc1c(c2-c2ccsc2Br)C(C)(C)CC1(CC)CC. The van der Waals surface area contributed by atoms with E-state index >= 15 is 0 Å². The van der Waals surface area contributed by atoms with Crippen molar-refractivity contribution in [3.05, 3.63) is 43.6 Å². The number of fused-ring (bicyclic) bond motifs is 2. The van der Waals surface area contributed by atoms with Gasteiger partial charge in [-0.2, -0.15) is 0 Å². The fourth-order valence-corrected chi connectivity index (χ4v) is 8.76. The molecular weight excluding hydrogens is 448 g/mol. The number of hydrogen-bond acceptors (Lipinski definition) is 1. The van der Waals surface area contributed by atoms with E-state index in [0.717, 1.165) is 0 Å². The fraction of sp³-hybridized carbons (Fsp3) is 0.643. The van der Waals surface area contributed by atoms with E-state index in [1.807, 2.05) is 11.3 Å². The van der Waals surface area contributed by atoms with Crippen molar-refractivity contribution in [2.75, 3.05) is 0 Å². The zero-order valence-electron chi connectivity index (χ0n) is 20.3. The van der Waals surface area contributed by atoms with Crippen molar-refractivity contribution in [2.45, 2.75) is 116 Å². The Morgan fingerprint density at radius 3 is 1.57 bits per heavy atom. The van der Waals surface area contributed by atoms with E-state index in [1.165, 1.54) is 47.9 Å². The molecule has 164 valence electrons. The average molecular weight is 488 g/mol. The third kappa shape index (κ3) is 2.88. The van der Waals surface area contributed by atoms with Crippen molar-refractivity contribution in [3.63, 3.8) is 0 Å². The van der Waals surface area contributed by atoms with Crippen molar-refractivity contribution in [2.24, 2.45) is 0 Å². The molecule has 1 aromatic heterocycles. The molecule has 1 heterocycles. The molecule has 0 bridgehead atoms. The van der Waals surface area contributed by atoms with E-state index in [4.69, 9.17) is 0 Å². The van der Waals surface area contributed by atoms with Gasteiger partial charge in [0.1, 0.15) is 0 Å². The summed E-state index contributed by atoms with van der Waals surface area (Å²) in [6.07, 6.45) is 7.47. The Kier molecular flexibility index (Phi) is 5.42. The molecule has 2 aliphatic carbocycles. The Morgan fingerprint density at radius 1 is 0.800 bits per heavy atom. The van der Waals surface area contributed by atoms with Gasteiger partial charge < -0.3 is 0 Å². The first-order valence-electron chi connectivity index (χ1n) is 12.0. The third-order valence-corrected chi connectivity index (χ3v) is 10.7. The Morgan fingerprint density at radius 2 is 1.23 bits per heavy atom. The van der Waals surface area contributed by atoms with Crippen LogP contribution in [0, 0.1) is 0 Å². The molecule has 0 aliphatic heterocycles. The Balaban J connectivity index is 2.22. The molecule has 30 heavy (non-hydrogen) atoms. The second kappa shape index (κ2) is 7.20. The minimum absolute atomic E-state index is 0.201. The van der Waals surface area contributed by atoms with Crippen LogP contribution in [0.2, 0.25) is 0 Å². The van der Waals surface area contributed by atoms with Gasteiger partial charge in [0.2, 0.25) is 0 Å². The maximum Gasteiger partial charge on any atom is 0.0776 e. The standard InChI is InChI=1S/C28H39BrS/c1-9-27(10-2)16-25(5,6)22-19(27)15-20-23(21(22)18-13-14-30-24(18)29)26(7,8)17-28(20,11-3)12-4/h13-15H,9-12,16-17H2,1-8H3. The molecule has 0 amide bonds. The van der Waals surface area contributed by atoms with Crippen LogP contribution in [0.25, 0.3) is 11.1 Å². The highest BCUT2D eigenvalue weighted by Crippen LogP contribution is 2.63. The first-order valence-corrected chi connectivity index (χ1v) is 13.7. The zero-order chi connectivity index (χ0) is 22.1. The summed E-state index contributed by atoms with van der Waals surface area (Å²) in [6, 6.07) is 5.09. The first-order chi connectivity index (χ1) is 14.0. The Hall–Kier alpha value is -0.600. The first kappa shape index (κ1) is 22.6. The van der Waals surface area contributed by atoms with Gasteiger partial charge in [0.15, 0.2) is 0 Å². The van der Waals surface area contributed by atoms with E-state index in [-0.39, 0.29) is 10.8 Å². The Bertz CT molecular complexity index is 911. The highest BCUT2D eigenvalue weighted by atomic mass is 79.9. The highest BCUT2D eigenvalue weighted by Gasteiger charge is 2.53. The summed E-state index contributed by atoms with van der Waals surface area (Å²) in [6.45, 7) is 19.7. The summed E-state index contributed by atoms with van der Waals surface area (Å²) in [5, 5.41) is 2.26. The van der Waals surface area contributed by atoms with E-state index < -0.39 is 0 Å². The number of thiophene rings is 1. The zero-order valence-corrected chi connectivity index (χ0v) is 22.7. The van der Waals surface area contributed by atoms with Crippen LogP contribution in [0.4, 0.5) is 0 Å². The van der Waals surface area contributed by atoms with E-state index in [1.54, 1.807) is 27.8 Å². The normalized spacial score (nSPS) is 22.2. The molecule has 2 aromatic rings. The van der Waals surface area contributed by atoms with E-state index in [9.17, 15) is 0 Å². The average Bonchev–Trinajstić information content (AvgIpc) is 3.30. The van der Waals surface area contributed by atoms with Gasteiger partial charge in [0.05, 0.1) is 3.79 Å². The molecule has 1 aromatic carbocycles. The molecule has 0 spiro atoms. The Labute approximate surface area is 197 Å². The maximum absolute atomic E-state index is 3.94. The number of hydrogen-bond donors (Lipinski definition) is 0. The number of halogens is 1. The summed E-state index contributed by atoms with van der Waals surface area (Å²) in [5.74, 6) is 0. The molecule has 0 radical (unpaired) electrons. The molecule has 2 heteroatoms. The maximum atomic E-state index is 3.94. The van der Waals surface area contributed by atoms with Gasteiger partial charge in [0, 0.05) is 5.56 Å². The van der Waals surface area contributed by atoms with Crippen LogP contribution >= 0.6 is 27.3 Å². The summed E-state index contributed by atoms with van der Waals surface area (Å²) < 4.78 is 1.29. The molecule has 0 atom stereocenters. The van der Waals surface area contributed by atoms with Crippen LogP contribution in [-0.2, 0) is 21.7 Å². The van der Waals surface area contributed by atoms with E-state index in [0.29, 0.717) is 10.8 Å². The lowest BCUT2D eigenvalue weighted by Gasteiger charge is -2.32. The fourth-order valence-electron chi connectivity index (χ4n) is 7.49. The predicted molar refractivity (Wildman–Crippen MR) is 137 cm³/mol. The van der Waals surface area contributed by atoms with Gasteiger partial charge in [0.25, 0.3) is 0 Å². The van der Waals surface area contributed by atoms with Gasteiger partial charge in [-0.25, -0.2) is 0 Å². The lowest BCUT2D eigenvalue weighted by Crippen LogP contribution is -2.25. The smallest absolute Gasteiger partial charge is 0.0776 e. The topological polar surface area (TPSA) is 0 Å². The molecule has 0 fully saturated rings. The lowest BCUT2D eigenvalue weighted by molar-refractivity contribution is 0.322. The predicted octanol–water partition coefficient (Wildman–Crippen LogP) is 9.66. The van der Waals surface area contributed by atoms with Crippen LogP contribution in [0.3, 0.4) is 0 Å². The summed E-state index contributed by atoms with van der Waals surface area (Å²) in [4.78, 5) is 0. The molecule has 0 saturated heterocycles. The van der Waals surface area contributed by atoms with Gasteiger partial charge >= 0.3 is 0 Å². The summed E-state index contributed by atoms with van der Waals surface area (Å²) >= 11 is 5.77. The molecular formula is C28H39BrS. The van der Waals surface area contributed by atoms with Crippen LogP contribution in [-0.4, -0.2) is 0 Å². The molecule has 2 aliphatic rings. The summed E-state index contributed by atoms with van der Waals surface area (Å²) in [5.41, 5.74) is 10.7. The van der Waals surface area contributed by atoms with Crippen molar-refractivity contribution < 1.29 is 0 Å². The third-order valence-electron chi connectivity index (χ3n) is 8.98. The second-order valence-electron chi connectivity index (χ2n) is 11.3. The van der Waals surface area contributed by atoms with Crippen LogP contribution in [0.1, 0.15) is 116 Å². The second-order valence-corrected chi connectivity index (χ2v) is 13.5.